The summed E-state index contributed by atoms with van der Waals surface area (Å²) in [7, 11) is -2.35. The third kappa shape index (κ3) is 7.63. The molecule has 1 unspecified atom stereocenters. The van der Waals surface area contributed by atoms with Gasteiger partial charge in [0.15, 0.2) is 0 Å². The van der Waals surface area contributed by atoms with Crippen molar-refractivity contribution in [3.63, 3.8) is 0 Å². The minimum Gasteiger partial charge on any atom is -0.357 e. The molecule has 0 aromatic heterocycles. The van der Waals surface area contributed by atoms with Gasteiger partial charge < -0.3 is 10.2 Å². The zero-order valence-electron chi connectivity index (χ0n) is 21.4. The number of nitrogens with zero attached hydrogens (tertiary/aromatic N) is 2. The molecule has 3 rings (SSSR count). The molecule has 9 heteroatoms. The molecule has 0 saturated carbocycles. The Morgan fingerprint density at radius 3 is 2.05 bits per heavy atom. The number of carbonyl (C=O) groups excluding carboxylic acids is 2. The van der Waals surface area contributed by atoms with E-state index in [0.29, 0.717) is 11.3 Å². The van der Waals surface area contributed by atoms with E-state index in [0.717, 1.165) is 27.3 Å². The van der Waals surface area contributed by atoms with E-state index in [2.05, 4.69) is 5.32 Å². The number of likely N-dealkylation sites (N-methyl/N-ethyl adjacent to an activating group) is 1. The van der Waals surface area contributed by atoms with Crippen molar-refractivity contribution in [3.05, 3.63) is 101 Å². The van der Waals surface area contributed by atoms with E-state index in [1.54, 1.807) is 12.1 Å². The van der Waals surface area contributed by atoms with Gasteiger partial charge in [0.05, 0.1) is 11.9 Å². The summed E-state index contributed by atoms with van der Waals surface area (Å²) >= 11 is 0. The summed E-state index contributed by atoms with van der Waals surface area (Å²) in [6.07, 6.45) is 1.26. The van der Waals surface area contributed by atoms with Crippen molar-refractivity contribution in [2.75, 3.05) is 24.2 Å². The van der Waals surface area contributed by atoms with Crippen molar-refractivity contribution in [2.45, 2.75) is 32.9 Å². The lowest BCUT2D eigenvalue weighted by molar-refractivity contribution is -0.139. The molecular formula is C28H32FN3O4S. The van der Waals surface area contributed by atoms with E-state index in [9.17, 15) is 22.4 Å². The number of hydrogen-bond donors (Lipinski definition) is 1. The van der Waals surface area contributed by atoms with Gasteiger partial charge in [0.1, 0.15) is 18.4 Å². The van der Waals surface area contributed by atoms with E-state index >= 15 is 0 Å². The van der Waals surface area contributed by atoms with Crippen molar-refractivity contribution >= 4 is 27.5 Å². The van der Waals surface area contributed by atoms with Crippen LogP contribution in [0.2, 0.25) is 0 Å². The molecule has 7 nitrogen and oxygen atoms in total. The molecule has 0 radical (unpaired) electrons. The first kappa shape index (κ1) is 27.9. The van der Waals surface area contributed by atoms with Crippen LogP contribution >= 0.6 is 0 Å². The number of benzene rings is 3. The minimum absolute atomic E-state index is 0.00548. The van der Waals surface area contributed by atoms with E-state index in [4.69, 9.17) is 0 Å². The second-order valence-corrected chi connectivity index (χ2v) is 11.0. The van der Waals surface area contributed by atoms with Crippen LogP contribution in [0.15, 0.2) is 72.8 Å². The van der Waals surface area contributed by atoms with Gasteiger partial charge in [0.2, 0.25) is 21.8 Å². The molecule has 0 spiro atoms. The Balaban J connectivity index is 2.03. The normalized spacial score (nSPS) is 12.0. The van der Waals surface area contributed by atoms with Crippen LogP contribution in [0.1, 0.15) is 22.3 Å². The molecule has 0 saturated heterocycles. The van der Waals surface area contributed by atoms with Crippen LogP contribution in [-0.2, 0) is 32.6 Å². The topological polar surface area (TPSA) is 86.8 Å². The Labute approximate surface area is 218 Å². The van der Waals surface area contributed by atoms with Crippen LogP contribution in [-0.4, -0.2) is 51.0 Å². The van der Waals surface area contributed by atoms with Gasteiger partial charge in [-0.1, -0.05) is 48.5 Å². The highest BCUT2D eigenvalue weighted by atomic mass is 32.2. The summed E-state index contributed by atoms with van der Waals surface area (Å²) < 4.78 is 40.2. The Morgan fingerprint density at radius 2 is 1.51 bits per heavy atom. The third-order valence-corrected chi connectivity index (χ3v) is 7.10. The average Bonchev–Trinajstić information content (AvgIpc) is 2.84. The second-order valence-electron chi connectivity index (χ2n) is 9.08. The zero-order chi connectivity index (χ0) is 27.2. The molecule has 0 bridgehead atoms. The molecule has 37 heavy (non-hydrogen) atoms. The van der Waals surface area contributed by atoms with E-state index in [1.807, 2.05) is 50.2 Å². The molecule has 196 valence electrons. The van der Waals surface area contributed by atoms with Crippen LogP contribution in [0, 0.1) is 19.7 Å². The van der Waals surface area contributed by atoms with Gasteiger partial charge in [0.25, 0.3) is 0 Å². The molecule has 0 aliphatic rings. The maximum atomic E-state index is 13.8. The lowest BCUT2D eigenvalue weighted by atomic mass is 10.0. The van der Waals surface area contributed by atoms with Crippen LogP contribution < -0.4 is 9.62 Å². The zero-order valence-corrected chi connectivity index (χ0v) is 22.3. The summed E-state index contributed by atoms with van der Waals surface area (Å²) in [5, 5.41) is 2.62. The number of nitrogens with one attached hydrogen (secondary N) is 1. The van der Waals surface area contributed by atoms with E-state index < -0.39 is 40.2 Å². The fourth-order valence-electron chi connectivity index (χ4n) is 4.22. The number of sulfonamides is 1. The fraction of sp³-hybridized carbons (Fsp3) is 0.286. The lowest BCUT2D eigenvalue weighted by Crippen LogP contribution is -2.52. The number of carbonyl (C=O) groups is 2. The molecule has 0 aliphatic carbocycles. The maximum Gasteiger partial charge on any atom is 0.244 e. The smallest absolute Gasteiger partial charge is 0.244 e. The largest absolute Gasteiger partial charge is 0.357 e. The summed E-state index contributed by atoms with van der Waals surface area (Å²) in [5.74, 6) is -1.37. The average molecular weight is 526 g/mol. The Morgan fingerprint density at radius 1 is 0.919 bits per heavy atom. The molecule has 0 aliphatic heterocycles. The molecule has 1 N–H and O–H groups in total. The molecular weight excluding hydrogens is 493 g/mol. The van der Waals surface area contributed by atoms with Crippen molar-refractivity contribution in [1.29, 1.82) is 0 Å². The molecule has 3 aromatic carbocycles. The molecule has 0 heterocycles. The van der Waals surface area contributed by atoms with Gasteiger partial charge in [-0.2, -0.15) is 0 Å². The number of anilines is 1. The first-order valence-electron chi connectivity index (χ1n) is 11.8. The first-order valence-corrected chi connectivity index (χ1v) is 13.7. The quantitative estimate of drug-likeness (QED) is 0.438. The molecule has 0 fully saturated rings. The molecule has 1 atom stereocenters. The van der Waals surface area contributed by atoms with E-state index in [-0.39, 0.29) is 13.0 Å². The minimum atomic E-state index is -3.83. The lowest BCUT2D eigenvalue weighted by Gasteiger charge is -2.33. The van der Waals surface area contributed by atoms with Gasteiger partial charge in [-0.15, -0.1) is 0 Å². The van der Waals surface area contributed by atoms with Gasteiger partial charge in [-0.3, -0.25) is 13.9 Å². The highest BCUT2D eigenvalue weighted by Gasteiger charge is 2.32. The highest BCUT2D eigenvalue weighted by Crippen LogP contribution is 2.23. The standard InChI is InChI=1S/C28H32FN3O4S/c1-20-14-21(2)16-25(15-20)32(37(4,35)36)19-27(33)31(18-23-10-12-24(29)13-11-23)26(28(34)30-3)17-22-8-6-5-7-9-22/h5-16,26H,17-19H2,1-4H3,(H,30,34). The first-order chi connectivity index (χ1) is 17.5. The van der Waals surface area contributed by atoms with Crippen LogP contribution in [0.4, 0.5) is 10.1 Å². The number of halogens is 1. The van der Waals surface area contributed by atoms with Crippen molar-refractivity contribution < 1.29 is 22.4 Å². The van der Waals surface area contributed by atoms with Crippen molar-refractivity contribution in [3.8, 4) is 0 Å². The predicted octanol–water partition coefficient (Wildman–Crippen LogP) is 3.59. The monoisotopic (exact) mass is 525 g/mol. The number of hydrogen-bond acceptors (Lipinski definition) is 4. The third-order valence-electron chi connectivity index (χ3n) is 5.96. The van der Waals surface area contributed by atoms with Crippen molar-refractivity contribution in [1.82, 2.24) is 10.2 Å². The Hall–Kier alpha value is -3.72. The summed E-state index contributed by atoms with van der Waals surface area (Å²) in [6.45, 7) is 3.20. The summed E-state index contributed by atoms with van der Waals surface area (Å²) in [4.78, 5) is 28.2. The van der Waals surface area contributed by atoms with E-state index in [1.165, 1.54) is 36.2 Å². The van der Waals surface area contributed by atoms with Gasteiger partial charge >= 0.3 is 0 Å². The van der Waals surface area contributed by atoms with Crippen LogP contribution in [0.5, 0.6) is 0 Å². The maximum absolute atomic E-state index is 13.8. The second kappa shape index (κ2) is 12.0. The summed E-state index contributed by atoms with van der Waals surface area (Å²) in [5.41, 5.74) is 3.52. The van der Waals surface area contributed by atoms with Crippen LogP contribution in [0.3, 0.4) is 0 Å². The summed E-state index contributed by atoms with van der Waals surface area (Å²) in [6, 6.07) is 19.3. The Kier molecular flexibility index (Phi) is 9.04. The highest BCUT2D eigenvalue weighted by molar-refractivity contribution is 7.92. The SMILES string of the molecule is CNC(=O)C(Cc1ccccc1)N(Cc1ccc(F)cc1)C(=O)CN(c1cc(C)cc(C)c1)S(C)(=O)=O. The predicted molar refractivity (Wildman–Crippen MR) is 143 cm³/mol. The number of aryl methyl sites for hydroxylation is 2. The molecule has 2 amide bonds. The van der Waals surface area contributed by atoms with Gasteiger partial charge in [0, 0.05) is 20.0 Å². The number of amides is 2. The van der Waals surface area contributed by atoms with Crippen molar-refractivity contribution in [2.24, 2.45) is 0 Å². The Bertz CT molecular complexity index is 1330. The fourth-order valence-corrected chi connectivity index (χ4v) is 5.05. The van der Waals surface area contributed by atoms with Crippen LogP contribution in [0.25, 0.3) is 0 Å². The molecule has 3 aromatic rings. The van der Waals surface area contributed by atoms with Gasteiger partial charge in [-0.25, -0.2) is 12.8 Å². The number of rotatable bonds is 10. The van der Waals surface area contributed by atoms with Gasteiger partial charge in [-0.05, 0) is 60.4 Å².